The Kier molecular flexibility index (Phi) is 4.50. The number of hydrogen-bond donors (Lipinski definition) is 1. The van der Waals surface area contributed by atoms with Gasteiger partial charge in [0.05, 0.1) is 12.0 Å². The van der Waals surface area contributed by atoms with Gasteiger partial charge in [0.15, 0.2) is 0 Å². The van der Waals surface area contributed by atoms with Gasteiger partial charge in [0.2, 0.25) is 10.0 Å². The maximum Gasteiger partial charge on any atom is 0.243 e. The highest BCUT2D eigenvalue weighted by atomic mass is 32.2. The van der Waals surface area contributed by atoms with Crippen molar-refractivity contribution in [2.24, 2.45) is 0 Å². The summed E-state index contributed by atoms with van der Waals surface area (Å²) in [6, 6.07) is 12.7. The molecule has 0 amide bonds. The molecule has 0 radical (unpaired) electrons. The quantitative estimate of drug-likeness (QED) is 0.920. The Bertz CT molecular complexity index is 711. The van der Waals surface area contributed by atoms with E-state index < -0.39 is 10.0 Å². The first-order chi connectivity index (χ1) is 9.95. The van der Waals surface area contributed by atoms with Crippen molar-refractivity contribution in [2.45, 2.75) is 11.4 Å². The number of para-hydroxylation sites is 1. The summed E-state index contributed by atoms with van der Waals surface area (Å²) < 4.78 is 31.4. The van der Waals surface area contributed by atoms with Crippen LogP contribution in [0.15, 0.2) is 53.4 Å². The minimum atomic E-state index is -3.61. The predicted octanol–water partition coefficient (Wildman–Crippen LogP) is 2.22. The molecule has 0 bridgehead atoms. The van der Waals surface area contributed by atoms with Crippen LogP contribution in [0.1, 0.15) is 5.56 Å². The van der Waals surface area contributed by atoms with Gasteiger partial charge in [-0.15, -0.1) is 0 Å². The van der Waals surface area contributed by atoms with Crippen molar-refractivity contribution in [3.63, 3.8) is 0 Å². The molecular weight excluding hydrogens is 290 g/mol. The molecular formula is C15H17NO4S. The molecule has 1 N–H and O–H groups in total. The molecule has 0 aliphatic rings. The topological polar surface area (TPSA) is 66.8 Å². The van der Waals surface area contributed by atoms with E-state index in [1.54, 1.807) is 13.2 Å². The summed E-state index contributed by atoms with van der Waals surface area (Å²) in [6.45, 7) is 0.202. The molecule has 5 nitrogen and oxygen atoms in total. The van der Waals surface area contributed by atoms with Gasteiger partial charge in [0.25, 0.3) is 0 Å². The van der Waals surface area contributed by atoms with Crippen molar-refractivity contribution in [3.8, 4) is 11.5 Å². The van der Waals surface area contributed by atoms with Crippen LogP contribution >= 0.6 is 0 Å². The lowest BCUT2D eigenvalue weighted by Gasteiger charge is -2.18. The summed E-state index contributed by atoms with van der Waals surface area (Å²) in [5.41, 5.74) is 0.782. The van der Waals surface area contributed by atoms with Gasteiger partial charge in [-0.2, -0.15) is 4.31 Å². The molecule has 6 heteroatoms. The lowest BCUT2D eigenvalue weighted by Crippen LogP contribution is -2.26. The Morgan fingerprint density at radius 2 is 1.71 bits per heavy atom. The van der Waals surface area contributed by atoms with Crippen molar-refractivity contribution >= 4 is 10.0 Å². The third kappa shape index (κ3) is 3.34. The van der Waals surface area contributed by atoms with Crippen LogP contribution in [-0.2, 0) is 16.6 Å². The highest BCUT2D eigenvalue weighted by Crippen LogP contribution is 2.23. The number of phenolic OH excluding ortho intramolecular Hbond substituents is 1. The zero-order valence-corrected chi connectivity index (χ0v) is 12.7. The minimum absolute atomic E-state index is 0.0290. The second-order valence-corrected chi connectivity index (χ2v) is 6.61. The molecule has 0 heterocycles. The third-order valence-electron chi connectivity index (χ3n) is 3.13. The predicted molar refractivity (Wildman–Crippen MR) is 79.8 cm³/mol. The van der Waals surface area contributed by atoms with E-state index in [-0.39, 0.29) is 17.2 Å². The van der Waals surface area contributed by atoms with Crippen molar-refractivity contribution in [1.82, 2.24) is 4.31 Å². The summed E-state index contributed by atoms with van der Waals surface area (Å²) in [5, 5.41) is 9.24. The van der Waals surface area contributed by atoms with Gasteiger partial charge in [0, 0.05) is 19.2 Å². The normalized spacial score (nSPS) is 11.6. The largest absolute Gasteiger partial charge is 0.508 e. The van der Waals surface area contributed by atoms with E-state index in [0.29, 0.717) is 5.75 Å². The van der Waals surface area contributed by atoms with E-state index in [9.17, 15) is 13.5 Å². The van der Waals surface area contributed by atoms with Crippen molar-refractivity contribution < 1.29 is 18.3 Å². The molecule has 0 spiro atoms. The molecule has 21 heavy (non-hydrogen) atoms. The Labute approximate surface area is 124 Å². The number of sulfonamides is 1. The van der Waals surface area contributed by atoms with E-state index in [0.717, 1.165) is 5.56 Å². The highest BCUT2D eigenvalue weighted by molar-refractivity contribution is 7.89. The van der Waals surface area contributed by atoms with Crippen LogP contribution < -0.4 is 4.74 Å². The molecule has 112 valence electrons. The zero-order chi connectivity index (χ0) is 15.5. The number of ether oxygens (including phenoxy) is 1. The first kappa shape index (κ1) is 15.3. The van der Waals surface area contributed by atoms with Gasteiger partial charge < -0.3 is 9.84 Å². The second kappa shape index (κ2) is 6.15. The number of rotatable bonds is 5. The van der Waals surface area contributed by atoms with Gasteiger partial charge in [-0.05, 0) is 30.3 Å². The maximum absolute atomic E-state index is 12.5. The third-order valence-corrected chi connectivity index (χ3v) is 4.95. The summed E-state index contributed by atoms with van der Waals surface area (Å²) in [6.07, 6.45) is 0. The fourth-order valence-electron chi connectivity index (χ4n) is 1.96. The van der Waals surface area contributed by atoms with Crippen LogP contribution in [0.4, 0.5) is 0 Å². The number of hydrogen-bond acceptors (Lipinski definition) is 4. The zero-order valence-electron chi connectivity index (χ0n) is 11.9. The summed E-state index contributed by atoms with van der Waals surface area (Å²) in [7, 11) is -0.555. The van der Waals surface area contributed by atoms with E-state index in [2.05, 4.69) is 0 Å². The van der Waals surface area contributed by atoms with Crippen LogP contribution in [-0.4, -0.2) is 32.0 Å². The Balaban J connectivity index is 2.26. The first-order valence-electron chi connectivity index (χ1n) is 6.32. The maximum atomic E-state index is 12.5. The summed E-state index contributed by atoms with van der Waals surface area (Å²) >= 11 is 0. The molecule has 2 rings (SSSR count). The van der Waals surface area contributed by atoms with Crippen molar-refractivity contribution in [1.29, 1.82) is 0 Å². The molecule has 0 aliphatic carbocycles. The van der Waals surface area contributed by atoms with Crippen LogP contribution in [0.25, 0.3) is 0 Å². The number of phenols is 1. The Morgan fingerprint density at radius 1 is 1.10 bits per heavy atom. The summed E-state index contributed by atoms with van der Waals surface area (Å²) in [5.74, 6) is 0.673. The van der Waals surface area contributed by atoms with Gasteiger partial charge in [0.1, 0.15) is 11.5 Å². The minimum Gasteiger partial charge on any atom is -0.508 e. The molecule has 0 unspecified atom stereocenters. The molecule has 2 aromatic rings. The number of aromatic hydroxyl groups is 1. The lowest BCUT2D eigenvalue weighted by atomic mass is 10.2. The van der Waals surface area contributed by atoms with Gasteiger partial charge in [-0.25, -0.2) is 8.42 Å². The highest BCUT2D eigenvalue weighted by Gasteiger charge is 2.21. The molecule has 0 saturated carbocycles. The van der Waals surface area contributed by atoms with Crippen LogP contribution in [0, 0.1) is 0 Å². The monoisotopic (exact) mass is 307 g/mol. The van der Waals surface area contributed by atoms with Crippen molar-refractivity contribution in [2.75, 3.05) is 14.2 Å². The SMILES string of the molecule is COc1ccccc1CN(C)S(=O)(=O)c1ccc(O)cc1. The summed E-state index contributed by atoms with van der Waals surface area (Å²) in [4.78, 5) is 0.137. The van der Waals surface area contributed by atoms with Crippen LogP contribution in [0.3, 0.4) is 0 Å². The molecule has 0 atom stereocenters. The van der Waals surface area contributed by atoms with Gasteiger partial charge >= 0.3 is 0 Å². The molecule has 0 aromatic heterocycles. The first-order valence-corrected chi connectivity index (χ1v) is 7.76. The fourth-order valence-corrected chi connectivity index (χ4v) is 3.11. The number of nitrogens with zero attached hydrogens (tertiary/aromatic N) is 1. The van der Waals surface area contributed by atoms with E-state index >= 15 is 0 Å². The van der Waals surface area contributed by atoms with E-state index in [1.165, 1.54) is 35.6 Å². The standard InChI is InChI=1S/C15H17NO4S/c1-16(11-12-5-3-4-6-15(12)20-2)21(18,19)14-9-7-13(17)8-10-14/h3-10,17H,11H2,1-2H3. The molecule has 0 fully saturated rings. The van der Waals surface area contributed by atoms with Crippen molar-refractivity contribution in [3.05, 3.63) is 54.1 Å². The second-order valence-electron chi connectivity index (χ2n) is 4.57. The van der Waals surface area contributed by atoms with E-state index in [1.807, 2.05) is 18.2 Å². The number of benzene rings is 2. The van der Waals surface area contributed by atoms with E-state index in [4.69, 9.17) is 4.74 Å². The lowest BCUT2D eigenvalue weighted by molar-refractivity contribution is 0.398. The average Bonchev–Trinajstić information content (AvgIpc) is 2.48. The van der Waals surface area contributed by atoms with Gasteiger partial charge in [-0.3, -0.25) is 0 Å². The van der Waals surface area contributed by atoms with Gasteiger partial charge in [-0.1, -0.05) is 18.2 Å². The Hall–Kier alpha value is -2.05. The average molecular weight is 307 g/mol. The molecule has 2 aromatic carbocycles. The van der Waals surface area contributed by atoms with Crippen LogP contribution in [0.5, 0.6) is 11.5 Å². The Morgan fingerprint density at radius 3 is 2.33 bits per heavy atom. The molecule has 0 saturated heterocycles. The van der Waals surface area contributed by atoms with Crippen LogP contribution in [0.2, 0.25) is 0 Å². The number of methoxy groups -OCH3 is 1. The smallest absolute Gasteiger partial charge is 0.243 e. The fraction of sp³-hybridized carbons (Fsp3) is 0.200. The molecule has 0 aliphatic heterocycles.